The first-order chi connectivity index (χ1) is 17.6. The number of hydrogen-bond donors (Lipinski definition) is 5. The molecule has 2 aliphatic rings. The summed E-state index contributed by atoms with van der Waals surface area (Å²) in [6.07, 6.45) is 3.38. The van der Waals surface area contributed by atoms with Crippen LogP contribution >= 0.6 is 23.1 Å². The topological polar surface area (TPSA) is 214 Å². The Hall–Kier alpha value is -4.44. The molecule has 7 N–H and O–H groups in total. The number of amides is 2. The number of aliphatic carboxylic acids is 2. The predicted octanol–water partition coefficient (Wildman–Crippen LogP) is -0.647. The fraction of sp³-hybridized carbons (Fsp3) is 0.190. The van der Waals surface area contributed by atoms with E-state index in [2.05, 4.69) is 22.0 Å². The number of fused-ring (bicyclic) bond motifs is 1. The normalized spacial score (nSPS) is 19.1. The average molecular weight is 547 g/mol. The fourth-order valence-electron chi connectivity index (χ4n) is 3.62. The van der Waals surface area contributed by atoms with Gasteiger partial charge in [0.15, 0.2) is 29.8 Å². The van der Waals surface area contributed by atoms with Crippen molar-refractivity contribution >= 4 is 63.4 Å². The van der Waals surface area contributed by atoms with Crippen molar-refractivity contribution < 1.29 is 38.8 Å². The Kier molecular flexibility index (Phi) is 7.12. The molecule has 0 radical (unpaired) electrons. The van der Waals surface area contributed by atoms with Crippen LogP contribution in [0.4, 0.5) is 10.8 Å². The Morgan fingerprint density at radius 1 is 1.35 bits per heavy atom. The number of carbonyl (C=O) groups excluding carboxylic acids is 2. The van der Waals surface area contributed by atoms with E-state index in [-0.39, 0.29) is 28.8 Å². The van der Waals surface area contributed by atoms with Gasteiger partial charge in [-0.2, -0.15) is 4.57 Å². The quantitative estimate of drug-likeness (QED) is 0.0665. The number of β-lactam (4-membered cyclic amide) rings is 1. The van der Waals surface area contributed by atoms with E-state index in [9.17, 15) is 24.3 Å². The number of thioether (sulfide) groups is 1. The first kappa shape index (κ1) is 25.6. The van der Waals surface area contributed by atoms with Gasteiger partial charge in [-0.25, -0.2) is 14.6 Å². The molecule has 2 aromatic heterocycles. The highest BCUT2D eigenvalue weighted by Crippen LogP contribution is 2.40. The number of hydrogen-bond acceptors (Lipinski definition) is 11. The second kappa shape index (κ2) is 10.3. The molecular formula is C21H20N7O7S2+. The molecular weight excluding hydrogens is 526 g/mol. The van der Waals surface area contributed by atoms with Crippen molar-refractivity contribution in [2.45, 2.75) is 18.0 Å². The summed E-state index contributed by atoms with van der Waals surface area (Å²) in [4.78, 5) is 58.8. The van der Waals surface area contributed by atoms with Gasteiger partial charge in [-0.3, -0.25) is 14.5 Å². The lowest BCUT2D eigenvalue weighted by Crippen LogP contribution is -2.71. The number of oxime groups is 1. The second-order valence-electron chi connectivity index (χ2n) is 7.76. The molecule has 0 unspecified atom stereocenters. The van der Waals surface area contributed by atoms with E-state index >= 15 is 0 Å². The first-order valence-corrected chi connectivity index (χ1v) is 12.3. The third kappa shape index (κ3) is 5.24. The summed E-state index contributed by atoms with van der Waals surface area (Å²) in [5.41, 5.74) is 11.8. The second-order valence-corrected chi connectivity index (χ2v) is 9.75. The van der Waals surface area contributed by atoms with Gasteiger partial charge in [0.1, 0.15) is 22.8 Å². The number of carboxylic acid groups (broad SMARTS) is 2. The fourth-order valence-corrected chi connectivity index (χ4v) is 5.50. The van der Waals surface area contributed by atoms with Crippen LogP contribution in [0.2, 0.25) is 0 Å². The van der Waals surface area contributed by atoms with E-state index in [1.165, 1.54) is 17.1 Å². The smallest absolute Gasteiger partial charge is 0.374 e. The minimum absolute atomic E-state index is 0.00863. The minimum atomic E-state index is -1.50. The van der Waals surface area contributed by atoms with Gasteiger partial charge >= 0.3 is 11.9 Å². The Labute approximate surface area is 216 Å². The Bertz CT molecular complexity index is 1390. The lowest BCUT2D eigenvalue weighted by atomic mass is 10.0. The molecule has 16 heteroatoms. The standard InChI is InChI=1S/C21H19N7O7S2/c1-9(19(31)32)35-26-13(12-8-37-21(23)24-12)16(29)25-14-17(30)28-15(20(33)34)10(7-36-18(14)28)5-27-4-2-3-11(22)6-27/h2-4,6,8,14,18H,1,5,7,22H2,(H4-,23,24,25,29,31,32,33,34)/p+1/t14-,18+/m1/s1. The number of pyridine rings is 1. The largest absolute Gasteiger partial charge is 0.477 e. The molecule has 2 amide bonds. The summed E-state index contributed by atoms with van der Waals surface area (Å²) in [7, 11) is 0. The minimum Gasteiger partial charge on any atom is -0.477 e. The maximum absolute atomic E-state index is 13.0. The van der Waals surface area contributed by atoms with E-state index in [1.54, 1.807) is 29.1 Å². The molecule has 0 aromatic carbocycles. The highest BCUT2D eigenvalue weighted by Gasteiger charge is 2.54. The summed E-state index contributed by atoms with van der Waals surface area (Å²) in [6.45, 7) is 3.38. The average Bonchev–Trinajstić information content (AvgIpc) is 3.27. The lowest BCUT2D eigenvalue weighted by Gasteiger charge is -2.49. The number of nitrogens with one attached hydrogen (secondary N) is 1. The number of carboxylic acids is 2. The summed E-state index contributed by atoms with van der Waals surface area (Å²) in [5, 5.41) is 25.7. The van der Waals surface area contributed by atoms with Crippen molar-refractivity contribution in [1.82, 2.24) is 15.2 Å². The number of carbonyl (C=O) groups is 4. The molecule has 37 heavy (non-hydrogen) atoms. The zero-order chi connectivity index (χ0) is 26.9. The Morgan fingerprint density at radius 3 is 2.73 bits per heavy atom. The van der Waals surface area contributed by atoms with Crippen molar-refractivity contribution in [3.8, 4) is 0 Å². The van der Waals surface area contributed by atoms with Crippen LogP contribution in [0.15, 0.2) is 58.7 Å². The number of rotatable bonds is 9. The summed E-state index contributed by atoms with van der Waals surface area (Å²) in [5.74, 6) is -4.76. The monoisotopic (exact) mass is 546 g/mol. The van der Waals surface area contributed by atoms with E-state index < -0.39 is 46.6 Å². The van der Waals surface area contributed by atoms with Crippen molar-refractivity contribution in [2.24, 2.45) is 5.16 Å². The number of aromatic nitrogens is 2. The molecule has 2 atom stereocenters. The summed E-state index contributed by atoms with van der Waals surface area (Å²) in [6, 6.07) is 2.35. The van der Waals surface area contributed by atoms with Crippen LogP contribution in [0.5, 0.6) is 0 Å². The number of nitrogens with two attached hydrogens (primary N) is 2. The maximum Gasteiger partial charge on any atom is 0.374 e. The van der Waals surface area contributed by atoms with E-state index in [4.69, 9.17) is 21.4 Å². The summed E-state index contributed by atoms with van der Waals surface area (Å²) >= 11 is 2.29. The third-order valence-electron chi connectivity index (χ3n) is 5.26. The zero-order valence-electron chi connectivity index (χ0n) is 18.9. The van der Waals surface area contributed by atoms with Crippen molar-refractivity contribution in [3.63, 3.8) is 0 Å². The van der Waals surface area contributed by atoms with Gasteiger partial charge in [0, 0.05) is 22.8 Å². The Morgan fingerprint density at radius 2 is 2.11 bits per heavy atom. The molecule has 0 saturated carbocycles. The number of nitrogens with zero attached hydrogens (tertiary/aromatic N) is 4. The van der Waals surface area contributed by atoms with Gasteiger partial charge in [-0.1, -0.05) is 5.16 Å². The van der Waals surface area contributed by atoms with Gasteiger partial charge in [0.25, 0.3) is 11.8 Å². The predicted molar refractivity (Wildman–Crippen MR) is 132 cm³/mol. The van der Waals surface area contributed by atoms with E-state index in [1.807, 2.05) is 0 Å². The third-order valence-corrected chi connectivity index (χ3v) is 7.27. The van der Waals surface area contributed by atoms with Crippen LogP contribution in [0, 0.1) is 0 Å². The molecule has 2 aliphatic heterocycles. The highest BCUT2D eigenvalue weighted by atomic mass is 32.2. The van der Waals surface area contributed by atoms with Crippen LogP contribution in [-0.2, 0) is 30.6 Å². The highest BCUT2D eigenvalue weighted by molar-refractivity contribution is 8.00. The zero-order valence-corrected chi connectivity index (χ0v) is 20.5. The molecule has 0 bridgehead atoms. The molecule has 1 saturated heterocycles. The van der Waals surface area contributed by atoms with Crippen molar-refractivity contribution in [1.29, 1.82) is 0 Å². The van der Waals surface area contributed by atoms with E-state index in [0.717, 1.165) is 16.2 Å². The van der Waals surface area contributed by atoms with Gasteiger partial charge in [-0.05, 0) is 12.6 Å². The molecule has 0 spiro atoms. The van der Waals surface area contributed by atoms with Crippen LogP contribution in [0.25, 0.3) is 0 Å². The molecule has 14 nitrogen and oxygen atoms in total. The van der Waals surface area contributed by atoms with Crippen LogP contribution in [0.3, 0.4) is 0 Å². The van der Waals surface area contributed by atoms with E-state index in [0.29, 0.717) is 11.3 Å². The van der Waals surface area contributed by atoms with Crippen LogP contribution in [0.1, 0.15) is 5.69 Å². The van der Waals surface area contributed by atoms with Crippen molar-refractivity contribution in [2.75, 3.05) is 17.2 Å². The number of thiazole rings is 1. The number of anilines is 2. The molecule has 0 aliphatic carbocycles. The first-order valence-electron chi connectivity index (χ1n) is 10.4. The van der Waals surface area contributed by atoms with Gasteiger partial charge < -0.3 is 31.8 Å². The van der Waals surface area contributed by atoms with Crippen molar-refractivity contribution in [3.05, 3.63) is 59.2 Å². The molecule has 4 rings (SSSR count). The molecule has 2 aromatic rings. The van der Waals surface area contributed by atoms with Gasteiger partial charge in [0.2, 0.25) is 5.76 Å². The van der Waals surface area contributed by atoms with Crippen LogP contribution < -0.4 is 21.4 Å². The SMILES string of the molecule is C=C(ON=C(C(=O)N[C@@H]1C(=O)N2C(C(=O)O)=C(C[n+]3cccc(N)c3)CS[C@@H]12)c1csc(N)n1)C(=O)O. The Balaban J connectivity index is 1.54. The maximum atomic E-state index is 13.0. The molecule has 192 valence electrons. The number of nitrogen functional groups attached to an aromatic ring is 2. The van der Waals surface area contributed by atoms with Crippen LogP contribution in [-0.4, -0.2) is 66.7 Å². The molecule has 4 heterocycles. The van der Waals surface area contributed by atoms with Gasteiger partial charge in [0.05, 0.1) is 5.69 Å². The summed E-state index contributed by atoms with van der Waals surface area (Å²) < 4.78 is 1.71. The molecule has 1 fully saturated rings. The lowest BCUT2D eigenvalue weighted by molar-refractivity contribution is -0.688. The van der Waals surface area contributed by atoms with Gasteiger partial charge in [-0.15, -0.1) is 23.1 Å².